The SMILES string of the molecule is C=CC[C@@H](C(=O)OCC)[C@H]1CCCCN1[C@H](C)c1ccccc1. The fourth-order valence-electron chi connectivity index (χ4n) is 3.65. The highest BCUT2D eigenvalue weighted by Crippen LogP contribution is 2.33. The number of esters is 1. The van der Waals surface area contributed by atoms with E-state index in [9.17, 15) is 4.79 Å². The molecule has 0 radical (unpaired) electrons. The van der Waals surface area contributed by atoms with Crippen molar-refractivity contribution in [1.82, 2.24) is 4.90 Å². The third-order valence-corrected chi connectivity index (χ3v) is 4.85. The molecule has 1 saturated heterocycles. The van der Waals surface area contributed by atoms with Crippen molar-refractivity contribution in [3.05, 3.63) is 48.6 Å². The van der Waals surface area contributed by atoms with Gasteiger partial charge >= 0.3 is 5.97 Å². The van der Waals surface area contributed by atoms with Crippen LogP contribution in [0.2, 0.25) is 0 Å². The minimum absolute atomic E-state index is 0.0791. The first kappa shape index (κ1) is 17.7. The Morgan fingerprint density at radius 2 is 2.13 bits per heavy atom. The number of piperidine rings is 1. The van der Waals surface area contributed by atoms with E-state index < -0.39 is 0 Å². The summed E-state index contributed by atoms with van der Waals surface area (Å²) >= 11 is 0. The molecule has 1 fully saturated rings. The molecule has 1 aliphatic rings. The number of carbonyl (C=O) groups is 1. The van der Waals surface area contributed by atoms with Crippen LogP contribution in [0.25, 0.3) is 0 Å². The van der Waals surface area contributed by atoms with Crippen LogP contribution in [0.3, 0.4) is 0 Å². The van der Waals surface area contributed by atoms with E-state index in [0.717, 1.165) is 13.0 Å². The summed E-state index contributed by atoms with van der Waals surface area (Å²) in [5, 5.41) is 0. The van der Waals surface area contributed by atoms with E-state index >= 15 is 0 Å². The van der Waals surface area contributed by atoms with Crippen molar-refractivity contribution in [2.24, 2.45) is 5.92 Å². The highest BCUT2D eigenvalue weighted by atomic mass is 16.5. The number of likely N-dealkylation sites (tertiary alicyclic amines) is 1. The molecule has 1 aromatic rings. The average Bonchev–Trinajstić information content (AvgIpc) is 2.60. The van der Waals surface area contributed by atoms with E-state index in [1.54, 1.807) is 0 Å². The Balaban J connectivity index is 2.21. The van der Waals surface area contributed by atoms with Crippen LogP contribution in [-0.2, 0) is 9.53 Å². The highest BCUT2D eigenvalue weighted by molar-refractivity contribution is 5.73. The van der Waals surface area contributed by atoms with E-state index in [4.69, 9.17) is 4.74 Å². The molecule has 0 amide bonds. The van der Waals surface area contributed by atoms with Gasteiger partial charge in [0.15, 0.2) is 0 Å². The lowest BCUT2D eigenvalue weighted by atomic mass is 9.86. The van der Waals surface area contributed by atoms with E-state index in [-0.39, 0.29) is 17.9 Å². The Morgan fingerprint density at radius 3 is 2.78 bits per heavy atom. The van der Waals surface area contributed by atoms with Crippen LogP contribution < -0.4 is 0 Å². The number of ether oxygens (including phenoxy) is 1. The number of nitrogens with zero attached hydrogens (tertiary/aromatic N) is 1. The van der Waals surface area contributed by atoms with Crippen LogP contribution in [-0.4, -0.2) is 30.1 Å². The van der Waals surface area contributed by atoms with Crippen molar-refractivity contribution in [1.29, 1.82) is 0 Å². The minimum Gasteiger partial charge on any atom is -0.466 e. The summed E-state index contributed by atoms with van der Waals surface area (Å²) in [7, 11) is 0. The first-order chi connectivity index (χ1) is 11.2. The molecule has 3 atom stereocenters. The smallest absolute Gasteiger partial charge is 0.310 e. The van der Waals surface area contributed by atoms with Gasteiger partial charge in [-0.15, -0.1) is 6.58 Å². The molecule has 3 heteroatoms. The van der Waals surface area contributed by atoms with Crippen molar-refractivity contribution in [2.75, 3.05) is 13.2 Å². The average molecular weight is 315 g/mol. The zero-order valence-corrected chi connectivity index (χ0v) is 14.4. The first-order valence-corrected chi connectivity index (χ1v) is 8.77. The van der Waals surface area contributed by atoms with E-state index in [2.05, 4.69) is 42.7 Å². The maximum Gasteiger partial charge on any atom is 0.310 e. The number of hydrogen-bond acceptors (Lipinski definition) is 3. The largest absolute Gasteiger partial charge is 0.466 e. The van der Waals surface area contributed by atoms with Gasteiger partial charge in [-0.1, -0.05) is 42.8 Å². The Kier molecular flexibility index (Phi) is 6.85. The molecule has 1 aliphatic heterocycles. The predicted octanol–water partition coefficient (Wildman–Crippen LogP) is 4.36. The Labute approximate surface area is 140 Å². The molecule has 0 spiro atoms. The van der Waals surface area contributed by atoms with Gasteiger partial charge in [-0.25, -0.2) is 0 Å². The molecule has 1 aromatic carbocycles. The number of benzene rings is 1. The summed E-state index contributed by atoms with van der Waals surface area (Å²) in [6, 6.07) is 11.1. The number of hydrogen-bond donors (Lipinski definition) is 0. The minimum atomic E-state index is -0.112. The molecule has 3 nitrogen and oxygen atoms in total. The molecule has 23 heavy (non-hydrogen) atoms. The van der Waals surface area contributed by atoms with Gasteiger partial charge in [0.1, 0.15) is 0 Å². The fraction of sp³-hybridized carbons (Fsp3) is 0.550. The van der Waals surface area contributed by atoms with Gasteiger partial charge in [-0.05, 0) is 45.2 Å². The van der Waals surface area contributed by atoms with Crippen molar-refractivity contribution >= 4 is 5.97 Å². The molecule has 0 bridgehead atoms. The van der Waals surface area contributed by atoms with Gasteiger partial charge in [0.05, 0.1) is 12.5 Å². The number of rotatable bonds is 7. The molecule has 0 aliphatic carbocycles. The van der Waals surface area contributed by atoms with Gasteiger partial charge in [0.2, 0.25) is 0 Å². The van der Waals surface area contributed by atoms with Crippen molar-refractivity contribution < 1.29 is 9.53 Å². The molecular weight excluding hydrogens is 286 g/mol. The van der Waals surface area contributed by atoms with Gasteiger partial charge in [0.25, 0.3) is 0 Å². The van der Waals surface area contributed by atoms with E-state index in [1.165, 1.54) is 18.4 Å². The standard InChI is InChI=1S/C20H29NO2/c1-4-11-18(20(22)23-5-2)19-14-9-10-15-21(19)16(3)17-12-7-6-8-13-17/h4,6-8,12-13,16,18-19H,1,5,9-11,14-15H2,2-3H3/t16-,18-,19-/m1/s1. The van der Waals surface area contributed by atoms with Crippen LogP contribution in [0.1, 0.15) is 51.1 Å². The second-order valence-electron chi connectivity index (χ2n) is 6.27. The normalized spacial score (nSPS) is 21.4. The van der Waals surface area contributed by atoms with Crippen molar-refractivity contribution in [2.45, 2.75) is 51.6 Å². The molecule has 1 heterocycles. The molecule has 126 valence electrons. The number of carbonyl (C=O) groups excluding carboxylic acids is 1. The zero-order chi connectivity index (χ0) is 16.7. The Hall–Kier alpha value is -1.61. The zero-order valence-electron chi connectivity index (χ0n) is 14.4. The quantitative estimate of drug-likeness (QED) is 0.553. The van der Waals surface area contributed by atoms with E-state index in [0.29, 0.717) is 19.1 Å². The second kappa shape index (κ2) is 8.88. The lowest BCUT2D eigenvalue weighted by molar-refractivity contribution is -0.151. The topological polar surface area (TPSA) is 29.5 Å². The maximum absolute atomic E-state index is 12.4. The lowest BCUT2D eigenvalue weighted by Crippen LogP contribution is -2.48. The van der Waals surface area contributed by atoms with Crippen LogP contribution in [0.4, 0.5) is 0 Å². The van der Waals surface area contributed by atoms with Crippen molar-refractivity contribution in [3.63, 3.8) is 0 Å². The first-order valence-electron chi connectivity index (χ1n) is 8.77. The van der Waals surface area contributed by atoms with Crippen LogP contribution in [0, 0.1) is 5.92 Å². The number of allylic oxidation sites excluding steroid dienone is 1. The summed E-state index contributed by atoms with van der Waals surface area (Å²) in [4.78, 5) is 14.9. The molecule has 0 aromatic heterocycles. The summed E-state index contributed by atoms with van der Waals surface area (Å²) in [6.45, 7) is 9.42. The molecule has 0 saturated carbocycles. The van der Waals surface area contributed by atoms with E-state index in [1.807, 2.05) is 19.1 Å². The van der Waals surface area contributed by atoms with Gasteiger partial charge in [-0.3, -0.25) is 9.69 Å². The molecule has 0 N–H and O–H groups in total. The Bertz CT molecular complexity index is 500. The van der Waals surface area contributed by atoms with Crippen molar-refractivity contribution in [3.8, 4) is 0 Å². The predicted molar refractivity (Wildman–Crippen MR) is 94.1 cm³/mol. The Morgan fingerprint density at radius 1 is 1.39 bits per heavy atom. The third-order valence-electron chi connectivity index (χ3n) is 4.85. The van der Waals surface area contributed by atoms with Crippen LogP contribution in [0.15, 0.2) is 43.0 Å². The van der Waals surface area contributed by atoms with Crippen LogP contribution in [0.5, 0.6) is 0 Å². The fourth-order valence-corrected chi connectivity index (χ4v) is 3.65. The summed E-state index contributed by atoms with van der Waals surface area (Å²) < 4.78 is 5.33. The summed E-state index contributed by atoms with van der Waals surface area (Å²) in [5.74, 6) is -0.191. The molecule has 2 rings (SSSR count). The molecule has 0 unspecified atom stereocenters. The molecular formula is C20H29NO2. The van der Waals surface area contributed by atoms with Gasteiger partial charge in [-0.2, -0.15) is 0 Å². The summed E-state index contributed by atoms with van der Waals surface area (Å²) in [5.41, 5.74) is 1.31. The van der Waals surface area contributed by atoms with Gasteiger partial charge < -0.3 is 4.74 Å². The van der Waals surface area contributed by atoms with Gasteiger partial charge in [0, 0.05) is 12.1 Å². The van der Waals surface area contributed by atoms with Crippen LogP contribution >= 0.6 is 0 Å². The lowest BCUT2D eigenvalue weighted by Gasteiger charge is -2.43. The monoisotopic (exact) mass is 315 g/mol. The maximum atomic E-state index is 12.4. The second-order valence-corrected chi connectivity index (χ2v) is 6.27. The summed E-state index contributed by atoms with van der Waals surface area (Å²) in [6.07, 6.45) is 5.95. The third kappa shape index (κ3) is 4.44. The highest BCUT2D eigenvalue weighted by Gasteiger charge is 2.36.